The van der Waals surface area contributed by atoms with Crippen molar-refractivity contribution in [3.63, 3.8) is 0 Å². The Morgan fingerprint density at radius 1 is 1.00 bits per heavy atom. The molecule has 0 radical (unpaired) electrons. The normalized spacial score (nSPS) is 10.3. The van der Waals surface area contributed by atoms with Crippen molar-refractivity contribution in [3.8, 4) is 11.4 Å². The van der Waals surface area contributed by atoms with Gasteiger partial charge >= 0.3 is 11.8 Å². The molecule has 0 aliphatic rings. The number of carbonyl (C=O) groups is 2. The zero-order valence-corrected chi connectivity index (χ0v) is 14.5. The summed E-state index contributed by atoms with van der Waals surface area (Å²) in [5.74, 6) is -0.949. The first-order chi connectivity index (χ1) is 13.5. The van der Waals surface area contributed by atoms with Crippen LogP contribution in [0.2, 0.25) is 0 Å². The number of hydrogen-bond acceptors (Lipinski definition) is 7. The van der Waals surface area contributed by atoms with Crippen LogP contribution in [0, 0.1) is 10.1 Å². The molecule has 0 fully saturated rings. The van der Waals surface area contributed by atoms with Crippen LogP contribution < -0.4 is 10.6 Å². The van der Waals surface area contributed by atoms with Crippen LogP contribution in [0.4, 0.5) is 5.69 Å². The quantitative estimate of drug-likeness (QED) is 0.361. The van der Waals surface area contributed by atoms with Gasteiger partial charge in [-0.15, -0.1) is 0 Å². The summed E-state index contributed by atoms with van der Waals surface area (Å²) in [5, 5.41) is 19.6. The van der Waals surface area contributed by atoms with Crippen LogP contribution in [0.25, 0.3) is 11.4 Å². The van der Waals surface area contributed by atoms with Gasteiger partial charge in [0, 0.05) is 36.3 Å². The van der Waals surface area contributed by atoms with Crippen molar-refractivity contribution in [2.24, 2.45) is 0 Å². The topological polar surface area (TPSA) is 140 Å². The Morgan fingerprint density at radius 3 is 2.43 bits per heavy atom. The van der Waals surface area contributed by atoms with Crippen molar-refractivity contribution in [2.75, 3.05) is 13.1 Å². The lowest BCUT2D eigenvalue weighted by Crippen LogP contribution is -2.34. The van der Waals surface area contributed by atoms with Crippen LogP contribution in [-0.4, -0.2) is 40.0 Å². The van der Waals surface area contributed by atoms with Gasteiger partial charge < -0.3 is 15.2 Å². The zero-order valence-electron chi connectivity index (χ0n) is 14.5. The van der Waals surface area contributed by atoms with Crippen LogP contribution >= 0.6 is 0 Å². The van der Waals surface area contributed by atoms with Crippen molar-refractivity contribution >= 4 is 17.5 Å². The van der Waals surface area contributed by atoms with Gasteiger partial charge in [0.15, 0.2) is 0 Å². The lowest BCUT2D eigenvalue weighted by atomic mass is 10.2. The van der Waals surface area contributed by atoms with Crippen LogP contribution in [0.5, 0.6) is 0 Å². The Morgan fingerprint density at radius 2 is 1.71 bits per heavy atom. The first-order valence-electron chi connectivity index (χ1n) is 8.24. The van der Waals surface area contributed by atoms with E-state index in [1.165, 1.54) is 24.3 Å². The molecule has 0 bridgehead atoms. The number of nitrogens with one attached hydrogen (secondary N) is 2. The van der Waals surface area contributed by atoms with Crippen LogP contribution in [0.1, 0.15) is 21.0 Å². The lowest BCUT2D eigenvalue weighted by molar-refractivity contribution is -0.384. The molecule has 0 saturated heterocycles. The molecule has 2 aromatic carbocycles. The largest absolute Gasteiger partial charge is 0.350 e. The Bertz CT molecular complexity index is 1000. The van der Waals surface area contributed by atoms with E-state index in [2.05, 4.69) is 20.8 Å². The summed E-state index contributed by atoms with van der Waals surface area (Å²) in [4.78, 5) is 38.2. The van der Waals surface area contributed by atoms with Crippen molar-refractivity contribution in [3.05, 3.63) is 76.2 Å². The maximum atomic E-state index is 12.0. The van der Waals surface area contributed by atoms with Gasteiger partial charge in [0.2, 0.25) is 5.82 Å². The van der Waals surface area contributed by atoms with Gasteiger partial charge in [-0.1, -0.05) is 41.6 Å². The van der Waals surface area contributed by atoms with E-state index < -0.39 is 16.7 Å². The summed E-state index contributed by atoms with van der Waals surface area (Å²) in [6.45, 7) is 0.232. The highest BCUT2D eigenvalue weighted by molar-refractivity contribution is 5.95. The summed E-state index contributed by atoms with van der Waals surface area (Å²) in [5.41, 5.74) is 0.700. The molecule has 0 atom stereocenters. The smallest absolute Gasteiger partial charge is 0.316 e. The number of carbonyl (C=O) groups excluding carboxylic acids is 2. The molecule has 2 N–H and O–H groups in total. The van der Waals surface area contributed by atoms with E-state index in [0.29, 0.717) is 5.82 Å². The van der Waals surface area contributed by atoms with Crippen molar-refractivity contribution in [1.29, 1.82) is 0 Å². The molecule has 2 amide bonds. The van der Waals surface area contributed by atoms with E-state index in [9.17, 15) is 19.7 Å². The Balaban J connectivity index is 1.48. The molecule has 0 aliphatic carbocycles. The molecule has 10 nitrogen and oxygen atoms in total. The molecule has 10 heteroatoms. The van der Waals surface area contributed by atoms with Gasteiger partial charge in [-0.2, -0.15) is 4.98 Å². The van der Waals surface area contributed by atoms with Crippen molar-refractivity contribution < 1.29 is 19.0 Å². The molecule has 3 rings (SSSR count). The molecule has 0 saturated carbocycles. The summed E-state index contributed by atoms with van der Waals surface area (Å²) in [6.07, 6.45) is 0. The third-order valence-electron chi connectivity index (χ3n) is 3.67. The summed E-state index contributed by atoms with van der Waals surface area (Å²) >= 11 is 0. The molecule has 0 spiro atoms. The zero-order chi connectivity index (χ0) is 19.9. The highest BCUT2D eigenvalue weighted by Crippen LogP contribution is 2.14. The highest BCUT2D eigenvalue weighted by Gasteiger charge is 2.16. The molecule has 0 unspecified atom stereocenters. The minimum atomic E-state index is -0.578. The first kappa shape index (κ1) is 18.7. The monoisotopic (exact) mass is 381 g/mol. The first-order valence-corrected chi connectivity index (χ1v) is 8.24. The molecular weight excluding hydrogens is 366 g/mol. The third-order valence-corrected chi connectivity index (χ3v) is 3.67. The van der Waals surface area contributed by atoms with E-state index in [1.807, 2.05) is 18.2 Å². The van der Waals surface area contributed by atoms with Gasteiger partial charge in [-0.3, -0.25) is 19.7 Å². The predicted octanol–water partition coefficient (Wildman–Crippen LogP) is 1.80. The number of hydrogen-bond donors (Lipinski definition) is 2. The SMILES string of the molecule is O=C(NCCNC(=O)c1nc(-c2ccccc2)no1)c1cccc([N+](=O)[O-])c1. The number of nitro groups is 1. The second-order valence-electron chi connectivity index (χ2n) is 5.61. The van der Waals surface area contributed by atoms with Gasteiger partial charge in [-0.25, -0.2) is 0 Å². The van der Waals surface area contributed by atoms with Gasteiger partial charge in [0.05, 0.1) is 4.92 Å². The second kappa shape index (κ2) is 8.54. The van der Waals surface area contributed by atoms with Crippen LogP contribution in [0.3, 0.4) is 0 Å². The molecule has 1 aromatic heterocycles. The molecule has 142 valence electrons. The minimum absolute atomic E-state index is 0.114. The maximum Gasteiger partial charge on any atom is 0.316 e. The number of rotatable bonds is 7. The summed E-state index contributed by atoms with van der Waals surface area (Å²) in [7, 11) is 0. The number of non-ortho nitro benzene ring substituents is 1. The maximum absolute atomic E-state index is 12.0. The number of nitrogens with zero attached hydrogens (tertiary/aromatic N) is 3. The van der Waals surface area contributed by atoms with Crippen molar-refractivity contribution in [1.82, 2.24) is 20.8 Å². The Kier molecular flexibility index (Phi) is 5.70. The molecular formula is C18H15N5O5. The Labute approximate surface area is 158 Å². The number of amides is 2. The fourth-order valence-electron chi connectivity index (χ4n) is 2.31. The van der Waals surface area contributed by atoms with Crippen LogP contribution in [-0.2, 0) is 0 Å². The van der Waals surface area contributed by atoms with Crippen molar-refractivity contribution in [2.45, 2.75) is 0 Å². The Hall–Kier alpha value is -4.08. The average molecular weight is 381 g/mol. The van der Waals surface area contributed by atoms with Gasteiger partial charge in [0.1, 0.15) is 0 Å². The third kappa shape index (κ3) is 4.55. The van der Waals surface area contributed by atoms with E-state index in [1.54, 1.807) is 12.1 Å². The average Bonchev–Trinajstić information content (AvgIpc) is 3.22. The van der Waals surface area contributed by atoms with E-state index in [-0.39, 0.29) is 30.2 Å². The van der Waals surface area contributed by atoms with E-state index in [4.69, 9.17) is 4.52 Å². The minimum Gasteiger partial charge on any atom is -0.350 e. The molecule has 0 aliphatic heterocycles. The molecule has 28 heavy (non-hydrogen) atoms. The summed E-state index contributed by atoms with van der Waals surface area (Å²) in [6, 6.07) is 14.4. The number of benzene rings is 2. The predicted molar refractivity (Wildman–Crippen MR) is 97.5 cm³/mol. The van der Waals surface area contributed by atoms with E-state index in [0.717, 1.165) is 5.56 Å². The summed E-state index contributed by atoms with van der Waals surface area (Å²) < 4.78 is 4.94. The molecule has 3 aromatic rings. The van der Waals surface area contributed by atoms with Gasteiger partial charge in [0.25, 0.3) is 11.6 Å². The fraction of sp³-hybridized carbons (Fsp3) is 0.111. The lowest BCUT2D eigenvalue weighted by Gasteiger charge is -2.05. The fourth-order valence-corrected chi connectivity index (χ4v) is 2.31. The number of nitro benzene ring substituents is 1. The second-order valence-corrected chi connectivity index (χ2v) is 5.61. The molecule has 1 heterocycles. The standard InChI is InChI=1S/C18H15N5O5/c24-16(13-7-4-8-14(11-13)23(26)27)19-9-10-20-17(25)18-21-15(22-28-18)12-5-2-1-3-6-12/h1-8,11H,9-10H2,(H,19,24)(H,20,25). The van der Waals surface area contributed by atoms with Crippen LogP contribution in [0.15, 0.2) is 59.1 Å². The van der Waals surface area contributed by atoms with Gasteiger partial charge in [-0.05, 0) is 6.07 Å². The number of aromatic nitrogens is 2. The highest BCUT2D eigenvalue weighted by atomic mass is 16.6. The van der Waals surface area contributed by atoms with E-state index >= 15 is 0 Å².